The first kappa shape index (κ1) is 22.6. The maximum atomic E-state index is 9.21. The lowest BCUT2D eigenvalue weighted by Crippen LogP contribution is -2.00. The molecule has 0 bridgehead atoms. The summed E-state index contributed by atoms with van der Waals surface area (Å²) in [4.78, 5) is 14.6. The molecule has 0 spiro atoms. The summed E-state index contributed by atoms with van der Waals surface area (Å²) in [6.07, 6.45) is 0. The number of rotatable bonds is 4. The Morgan fingerprint density at radius 2 is 1.05 bits per heavy atom. The van der Waals surface area contributed by atoms with Crippen molar-refractivity contribution >= 4 is 22.4 Å². The highest BCUT2D eigenvalue weighted by atomic mass is 35.5. The lowest BCUT2D eigenvalue weighted by atomic mass is 10.0. The van der Waals surface area contributed by atoms with Gasteiger partial charge in [0.15, 0.2) is 17.5 Å². The van der Waals surface area contributed by atoms with Crippen molar-refractivity contribution in [3.63, 3.8) is 0 Å². The molecule has 6 rings (SSSR count). The van der Waals surface area contributed by atoms with E-state index in [4.69, 9.17) is 26.6 Å². The van der Waals surface area contributed by atoms with E-state index in [1.807, 2.05) is 72.8 Å². The summed E-state index contributed by atoms with van der Waals surface area (Å²) in [5, 5.41) is 12.2. The fourth-order valence-corrected chi connectivity index (χ4v) is 4.48. The van der Waals surface area contributed by atoms with E-state index in [0.717, 1.165) is 38.6 Å². The van der Waals surface area contributed by atoms with E-state index in [2.05, 4.69) is 36.4 Å². The first-order valence-corrected chi connectivity index (χ1v) is 12.2. The summed E-state index contributed by atoms with van der Waals surface area (Å²) in [6.45, 7) is 0. The smallest absolute Gasteiger partial charge is 0.164 e. The number of hydrogen-bond acceptors (Lipinski definition) is 4. The fourth-order valence-electron chi connectivity index (χ4n) is 4.29. The van der Waals surface area contributed by atoms with Crippen LogP contribution in [0, 0.1) is 11.3 Å². The van der Waals surface area contributed by atoms with Gasteiger partial charge in [-0.3, -0.25) is 0 Å². The average molecular weight is 495 g/mol. The minimum absolute atomic E-state index is 0.547. The quantitative estimate of drug-likeness (QED) is 0.247. The molecule has 37 heavy (non-hydrogen) atoms. The Kier molecular flexibility index (Phi) is 5.90. The Morgan fingerprint density at radius 3 is 1.76 bits per heavy atom. The van der Waals surface area contributed by atoms with Gasteiger partial charge in [0.25, 0.3) is 0 Å². The van der Waals surface area contributed by atoms with E-state index < -0.39 is 0 Å². The molecule has 0 fully saturated rings. The Hall–Kier alpha value is -4.85. The van der Waals surface area contributed by atoms with Gasteiger partial charge in [-0.15, -0.1) is 0 Å². The molecule has 1 aromatic heterocycles. The molecule has 6 aromatic rings. The van der Waals surface area contributed by atoms with Crippen molar-refractivity contribution in [1.82, 2.24) is 15.0 Å². The van der Waals surface area contributed by atoms with Crippen molar-refractivity contribution in [2.75, 3.05) is 0 Å². The Balaban J connectivity index is 1.52. The van der Waals surface area contributed by atoms with Crippen LogP contribution in [-0.4, -0.2) is 15.0 Å². The molecule has 0 saturated carbocycles. The minimum Gasteiger partial charge on any atom is -0.208 e. The monoisotopic (exact) mass is 494 g/mol. The van der Waals surface area contributed by atoms with Gasteiger partial charge in [0, 0.05) is 21.7 Å². The van der Waals surface area contributed by atoms with Crippen LogP contribution in [0.5, 0.6) is 0 Å². The second-order valence-electron chi connectivity index (χ2n) is 8.65. The molecule has 0 radical (unpaired) electrons. The molecule has 174 valence electrons. The van der Waals surface area contributed by atoms with Crippen LogP contribution < -0.4 is 0 Å². The highest BCUT2D eigenvalue weighted by Gasteiger charge is 2.13. The van der Waals surface area contributed by atoms with Gasteiger partial charge in [-0.05, 0) is 70.4 Å². The Morgan fingerprint density at radius 1 is 0.486 bits per heavy atom. The third kappa shape index (κ3) is 4.69. The van der Waals surface area contributed by atoms with Gasteiger partial charge < -0.3 is 0 Å². The van der Waals surface area contributed by atoms with E-state index in [-0.39, 0.29) is 0 Å². The second kappa shape index (κ2) is 9.66. The number of benzene rings is 5. The molecule has 0 aliphatic carbocycles. The summed E-state index contributed by atoms with van der Waals surface area (Å²) >= 11 is 6.24. The molecule has 5 aromatic carbocycles. The highest BCUT2D eigenvalue weighted by molar-refractivity contribution is 6.30. The number of nitrogens with zero attached hydrogens (tertiary/aromatic N) is 4. The Bertz CT molecular complexity index is 1800. The van der Waals surface area contributed by atoms with E-state index in [1.54, 1.807) is 12.1 Å². The van der Waals surface area contributed by atoms with Gasteiger partial charge in [-0.25, -0.2) is 15.0 Å². The van der Waals surface area contributed by atoms with E-state index >= 15 is 0 Å². The first-order chi connectivity index (χ1) is 18.2. The molecule has 0 unspecified atom stereocenters. The largest absolute Gasteiger partial charge is 0.208 e. The van der Waals surface area contributed by atoms with Crippen molar-refractivity contribution in [2.24, 2.45) is 0 Å². The van der Waals surface area contributed by atoms with Crippen LogP contribution in [0.3, 0.4) is 0 Å². The zero-order chi connectivity index (χ0) is 25.2. The number of aromatic nitrogens is 3. The molecule has 0 amide bonds. The van der Waals surface area contributed by atoms with Gasteiger partial charge >= 0.3 is 0 Å². The zero-order valence-corrected chi connectivity index (χ0v) is 20.4. The summed E-state index contributed by atoms with van der Waals surface area (Å²) < 4.78 is 0. The predicted octanol–water partition coefficient (Wildman–Crippen LogP) is 8.22. The molecule has 0 atom stereocenters. The highest BCUT2D eigenvalue weighted by Crippen LogP contribution is 2.30. The topological polar surface area (TPSA) is 62.5 Å². The molecular formula is C32H19ClN4. The van der Waals surface area contributed by atoms with E-state index in [1.165, 1.54) is 0 Å². The number of nitriles is 1. The van der Waals surface area contributed by atoms with Crippen molar-refractivity contribution < 1.29 is 0 Å². The SMILES string of the molecule is N#Cc1ccc(-c2nc(-c3cccc(-c4cccc(Cl)c4)c3)nc(-c3ccc4ccccc4c3)n2)cc1. The zero-order valence-electron chi connectivity index (χ0n) is 19.6. The maximum Gasteiger partial charge on any atom is 0.164 e. The molecule has 1 heterocycles. The molecular weight excluding hydrogens is 476 g/mol. The minimum atomic E-state index is 0.547. The van der Waals surface area contributed by atoms with Gasteiger partial charge in [-0.1, -0.05) is 78.3 Å². The van der Waals surface area contributed by atoms with Gasteiger partial charge in [0.2, 0.25) is 0 Å². The Labute approximate surface area is 219 Å². The molecule has 0 N–H and O–H groups in total. The van der Waals surface area contributed by atoms with Crippen molar-refractivity contribution in [3.05, 3.63) is 126 Å². The van der Waals surface area contributed by atoms with Crippen molar-refractivity contribution in [1.29, 1.82) is 5.26 Å². The number of halogens is 1. The molecule has 4 nitrogen and oxygen atoms in total. The van der Waals surface area contributed by atoms with Crippen LogP contribution in [0.4, 0.5) is 0 Å². The lowest BCUT2D eigenvalue weighted by molar-refractivity contribution is 1.07. The summed E-state index contributed by atoms with van der Waals surface area (Å²) in [5.41, 5.74) is 5.22. The summed E-state index contributed by atoms with van der Waals surface area (Å²) in [6, 6.07) is 39.7. The number of hydrogen-bond donors (Lipinski definition) is 0. The van der Waals surface area contributed by atoms with Gasteiger partial charge in [0.05, 0.1) is 11.6 Å². The molecule has 0 aliphatic rings. The second-order valence-corrected chi connectivity index (χ2v) is 9.08. The maximum absolute atomic E-state index is 9.21. The molecule has 0 saturated heterocycles. The average Bonchev–Trinajstić information content (AvgIpc) is 2.97. The third-order valence-electron chi connectivity index (χ3n) is 6.19. The standard InChI is InChI=1S/C32H19ClN4/c33-29-10-4-8-26(19-29)25-7-3-9-27(18-25)31-35-30(23-13-11-21(20-34)12-14-23)36-32(37-31)28-16-15-22-5-1-2-6-24(22)17-28/h1-19H. The van der Waals surface area contributed by atoms with Crippen LogP contribution in [-0.2, 0) is 0 Å². The fraction of sp³-hybridized carbons (Fsp3) is 0. The molecule has 0 aliphatic heterocycles. The normalized spacial score (nSPS) is 10.8. The molecule has 5 heteroatoms. The van der Waals surface area contributed by atoms with Crippen LogP contribution in [0.15, 0.2) is 115 Å². The van der Waals surface area contributed by atoms with Crippen LogP contribution in [0.1, 0.15) is 5.56 Å². The lowest BCUT2D eigenvalue weighted by Gasteiger charge is -2.10. The van der Waals surface area contributed by atoms with Crippen molar-refractivity contribution in [2.45, 2.75) is 0 Å². The van der Waals surface area contributed by atoms with Crippen LogP contribution >= 0.6 is 11.6 Å². The first-order valence-electron chi connectivity index (χ1n) is 11.8. The third-order valence-corrected chi connectivity index (χ3v) is 6.43. The van der Waals surface area contributed by atoms with Gasteiger partial charge in [0.1, 0.15) is 0 Å². The van der Waals surface area contributed by atoms with Crippen LogP contribution in [0.25, 0.3) is 56.1 Å². The summed E-state index contributed by atoms with van der Waals surface area (Å²) in [5.74, 6) is 1.70. The van der Waals surface area contributed by atoms with Crippen molar-refractivity contribution in [3.8, 4) is 51.4 Å². The summed E-state index contributed by atoms with van der Waals surface area (Å²) in [7, 11) is 0. The number of fused-ring (bicyclic) bond motifs is 1. The van der Waals surface area contributed by atoms with E-state index in [0.29, 0.717) is 28.1 Å². The van der Waals surface area contributed by atoms with Crippen LogP contribution in [0.2, 0.25) is 5.02 Å². The van der Waals surface area contributed by atoms with E-state index in [9.17, 15) is 5.26 Å². The van der Waals surface area contributed by atoms with Gasteiger partial charge in [-0.2, -0.15) is 5.26 Å². The predicted molar refractivity (Wildman–Crippen MR) is 149 cm³/mol.